The maximum Gasteiger partial charge on any atom is 0.240 e. The van der Waals surface area contributed by atoms with Crippen LogP contribution in [0.2, 0.25) is 0 Å². The molecule has 1 aliphatic rings. The molecule has 0 amide bonds. The molecule has 2 rings (SSSR count). The molecule has 0 radical (unpaired) electrons. The van der Waals surface area contributed by atoms with E-state index in [4.69, 9.17) is 0 Å². The molecule has 1 heterocycles. The molecule has 4 nitrogen and oxygen atoms in total. The van der Waals surface area contributed by atoms with Gasteiger partial charge in [-0.2, -0.15) is 5.43 Å². The summed E-state index contributed by atoms with van der Waals surface area (Å²) in [6.45, 7) is 3.97. The lowest BCUT2D eigenvalue weighted by Gasteiger charge is -2.08. The van der Waals surface area contributed by atoms with Crippen molar-refractivity contribution in [3.63, 3.8) is 0 Å². The highest BCUT2D eigenvalue weighted by Gasteiger charge is 2.09. The van der Waals surface area contributed by atoms with E-state index in [0.717, 1.165) is 17.2 Å². The van der Waals surface area contributed by atoms with Crippen LogP contribution in [0.4, 0.5) is 0 Å². The topological polar surface area (TPSA) is 53.4 Å². The Hall–Kier alpha value is -1.68. The quantitative estimate of drug-likeness (QED) is 0.607. The second kappa shape index (κ2) is 3.59. The number of hydrogen-bond acceptors (Lipinski definition) is 3. The largest absolute Gasteiger partial charge is 0.251 e. The summed E-state index contributed by atoms with van der Waals surface area (Å²) in [4.78, 5) is 0. The van der Waals surface area contributed by atoms with Crippen LogP contribution in [0.3, 0.4) is 0 Å². The second-order valence-electron chi connectivity index (χ2n) is 3.34. The number of quaternary nitrogens is 1. The van der Waals surface area contributed by atoms with Gasteiger partial charge in [0.05, 0.1) is 0 Å². The zero-order chi connectivity index (χ0) is 9.97. The second-order valence-corrected chi connectivity index (χ2v) is 3.34. The van der Waals surface area contributed by atoms with Crippen LogP contribution in [0.15, 0.2) is 34.5 Å². The van der Waals surface area contributed by atoms with Crippen molar-refractivity contribution >= 4 is 11.7 Å². The Morgan fingerprint density at radius 3 is 2.43 bits per heavy atom. The molecule has 0 fully saturated rings. The van der Waals surface area contributed by atoms with E-state index in [9.17, 15) is 0 Å². The number of hydrazone groups is 1. The van der Waals surface area contributed by atoms with Gasteiger partial charge in [-0.25, -0.2) is 0 Å². The fourth-order valence-corrected chi connectivity index (χ4v) is 1.21. The zero-order valence-electron chi connectivity index (χ0n) is 8.28. The third kappa shape index (κ3) is 1.80. The third-order valence-electron chi connectivity index (χ3n) is 2.04. The maximum atomic E-state index is 4.26. The molecule has 0 atom stereocenters. The number of amidine groups is 2. The third-order valence-corrected chi connectivity index (χ3v) is 2.04. The molecule has 0 saturated carbocycles. The fraction of sp³-hybridized carbons (Fsp3) is 0.200. The first-order chi connectivity index (χ1) is 6.75. The van der Waals surface area contributed by atoms with Crippen LogP contribution in [0.25, 0.3) is 0 Å². The Bertz CT molecular complexity index is 389. The molecule has 1 aromatic rings. The van der Waals surface area contributed by atoms with Crippen molar-refractivity contribution in [1.82, 2.24) is 5.43 Å². The molecular formula is C10H13N4+. The van der Waals surface area contributed by atoms with Gasteiger partial charge in [0.25, 0.3) is 0 Å². The molecule has 0 saturated heterocycles. The number of rotatable bonds is 1. The maximum absolute atomic E-state index is 4.26. The summed E-state index contributed by atoms with van der Waals surface area (Å²) >= 11 is 0. The number of nitrogens with one attached hydrogen (secondary N) is 1. The standard InChI is InChI=1S/C10H12N4/c1-7-3-5-9(6-4-7)10-13-11-8(2)12-14-10/h3-6H,1-2H3,(H,11,12)(H,13,14)/p+1. The zero-order valence-corrected chi connectivity index (χ0v) is 8.28. The van der Waals surface area contributed by atoms with E-state index in [1.165, 1.54) is 5.56 Å². The van der Waals surface area contributed by atoms with E-state index in [1.807, 2.05) is 19.1 Å². The van der Waals surface area contributed by atoms with Crippen LogP contribution >= 0.6 is 0 Å². The van der Waals surface area contributed by atoms with Crippen LogP contribution in [0.1, 0.15) is 18.1 Å². The van der Waals surface area contributed by atoms with Crippen LogP contribution in [-0.4, -0.2) is 11.7 Å². The molecule has 3 N–H and O–H groups in total. The first-order valence-electron chi connectivity index (χ1n) is 4.54. The molecule has 4 heteroatoms. The van der Waals surface area contributed by atoms with Crippen LogP contribution in [0.5, 0.6) is 0 Å². The predicted molar refractivity (Wildman–Crippen MR) is 55.9 cm³/mol. The van der Waals surface area contributed by atoms with Gasteiger partial charge in [0.2, 0.25) is 11.7 Å². The van der Waals surface area contributed by atoms with Crippen molar-refractivity contribution in [3.05, 3.63) is 35.4 Å². The Kier molecular flexibility index (Phi) is 2.28. The molecule has 14 heavy (non-hydrogen) atoms. The van der Waals surface area contributed by atoms with Gasteiger partial charge >= 0.3 is 0 Å². The smallest absolute Gasteiger partial charge is 0.240 e. The molecule has 0 unspecified atom stereocenters. The lowest BCUT2D eigenvalue weighted by atomic mass is 10.1. The highest BCUT2D eigenvalue weighted by Crippen LogP contribution is 2.03. The molecule has 0 aliphatic carbocycles. The van der Waals surface area contributed by atoms with Gasteiger partial charge in [0.1, 0.15) is 0 Å². The molecule has 1 aliphatic heterocycles. The highest BCUT2D eigenvalue weighted by molar-refractivity contribution is 5.99. The van der Waals surface area contributed by atoms with Gasteiger partial charge in [0.15, 0.2) is 0 Å². The van der Waals surface area contributed by atoms with Crippen molar-refractivity contribution in [2.24, 2.45) is 10.2 Å². The summed E-state index contributed by atoms with van der Waals surface area (Å²) in [5, 5.41) is 8.35. The monoisotopic (exact) mass is 189 g/mol. The van der Waals surface area contributed by atoms with Crippen LogP contribution in [0, 0.1) is 6.92 Å². The average Bonchev–Trinajstić information content (AvgIpc) is 2.21. The lowest BCUT2D eigenvalue weighted by molar-refractivity contribution is -0.548. The summed E-state index contributed by atoms with van der Waals surface area (Å²) in [6.07, 6.45) is 0. The molecule has 72 valence electrons. The SMILES string of the molecule is CC1=NNC(c2ccc(C)cc2)=N[NH2+]1. The molecule has 0 bridgehead atoms. The Morgan fingerprint density at radius 2 is 1.86 bits per heavy atom. The minimum absolute atomic E-state index is 0.801. The Labute approximate surface area is 82.7 Å². The van der Waals surface area contributed by atoms with Crippen molar-refractivity contribution in [2.45, 2.75) is 13.8 Å². The minimum Gasteiger partial charge on any atom is -0.251 e. The highest BCUT2D eigenvalue weighted by atomic mass is 15.5. The van der Waals surface area contributed by atoms with Gasteiger partial charge in [-0.15, -0.1) is 5.10 Å². The summed E-state index contributed by atoms with van der Waals surface area (Å²) in [6, 6.07) is 8.19. The summed E-state index contributed by atoms with van der Waals surface area (Å²) in [5.41, 5.74) is 6.97. The Morgan fingerprint density at radius 1 is 1.14 bits per heavy atom. The van der Waals surface area contributed by atoms with Crippen molar-refractivity contribution in [2.75, 3.05) is 0 Å². The van der Waals surface area contributed by atoms with E-state index in [2.05, 4.69) is 34.7 Å². The van der Waals surface area contributed by atoms with Gasteiger partial charge in [0, 0.05) is 12.5 Å². The Balaban J connectivity index is 2.21. The molecular weight excluding hydrogens is 176 g/mol. The predicted octanol–water partition coefficient (Wildman–Crippen LogP) is 0.157. The van der Waals surface area contributed by atoms with Crippen LogP contribution in [-0.2, 0) is 0 Å². The first-order valence-corrected chi connectivity index (χ1v) is 4.54. The van der Waals surface area contributed by atoms with E-state index < -0.39 is 0 Å². The minimum atomic E-state index is 0.801. The van der Waals surface area contributed by atoms with Gasteiger partial charge in [-0.05, 0) is 6.92 Å². The van der Waals surface area contributed by atoms with Crippen LogP contribution < -0.4 is 10.9 Å². The van der Waals surface area contributed by atoms with Crippen molar-refractivity contribution in [1.29, 1.82) is 0 Å². The van der Waals surface area contributed by atoms with E-state index in [1.54, 1.807) is 5.43 Å². The van der Waals surface area contributed by atoms with Crippen molar-refractivity contribution in [3.8, 4) is 0 Å². The number of aryl methyl sites for hydroxylation is 1. The number of nitrogens with two attached hydrogens (primary N) is 1. The summed E-state index contributed by atoms with van der Waals surface area (Å²) < 4.78 is 0. The molecule has 0 spiro atoms. The van der Waals surface area contributed by atoms with Gasteiger partial charge < -0.3 is 0 Å². The lowest BCUT2D eigenvalue weighted by Crippen LogP contribution is -2.84. The van der Waals surface area contributed by atoms with Gasteiger partial charge in [-0.3, -0.25) is 5.43 Å². The average molecular weight is 189 g/mol. The van der Waals surface area contributed by atoms with Gasteiger partial charge in [-0.1, -0.05) is 34.9 Å². The van der Waals surface area contributed by atoms with E-state index >= 15 is 0 Å². The molecule has 0 aromatic heterocycles. The van der Waals surface area contributed by atoms with Crippen molar-refractivity contribution < 1.29 is 5.43 Å². The van der Waals surface area contributed by atoms with E-state index in [-0.39, 0.29) is 0 Å². The fourth-order valence-electron chi connectivity index (χ4n) is 1.21. The number of nitrogens with zero attached hydrogens (tertiary/aromatic N) is 2. The first kappa shape index (κ1) is 8.90. The van der Waals surface area contributed by atoms with E-state index in [0.29, 0.717) is 0 Å². The summed E-state index contributed by atoms with van der Waals surface area (Å²) in [7, 11) is 0. The number of benzene rings is 1. The normalized spacial score (nSPS) is 15.6. The number of hydrogen-bond donors (Lipinski definition) is 2. The summed E-state index contributed by atoms with van der Waals surface area (Å²) in [5.74, 6) is 1.69. The molecule has 1 aromatic carbocycles.